The fourth-order valence-electron chi connectivity index (χ4n) is 2.11. The fraction of sp³-hybridized carbons (Fsp3) is 0.462. The Labute approximate surface area is 106 Å². The molecule has 0 radical (unpaired) electrons. The van der Waals surface area contributed by atoms with Crippen LogP contribution in [0.1, 0.15) is 6.42 Å². The molecule has 1 aromatic heterocycles. The zero-order valence-electron chi connectivity index (χ0n) is 10.6. The smallest absolute Gasteiger partial charge is 0.326 e. The zero-order valence-corrected chi connectivity index (χ0v) is 10.6. The number of aryl methyl sites for hydroxylation is 1. The molecule has 0 saturated heterocycles. The summed E-state index contributed by atoms with van der Waals surface area (Å²) in [5, 5.41) is 8.80. The number of nitrogens with one attached hydrogen (secondary N) is 1. The number of imidazole rings is 1. The first-order valence-electron chi connectivity index (χ1n) is 6.19. The van der Waals surface area contributed by atoms with Gasteiger partial charge < -0.3 is 15.0 Å². The Kier molecular flexibility index (Phi) is 4.17. The largest absolute Gasteiger partial charge is 0.395 e. The summed E-state index contributed by atoms with van der Waals surface area (Å²) in [6.07, 6.45) is 0.887. The number of fused-ring (bicyclic) bond motifs is 1. The third kappa shape index (κ3) is 2.80. The second-order valence-corrected chi connectivity index (χ2v) is 4.48. The average Bonchev–Trinajstić information content (AvgIpc) is 2.66. The molecule has 1 aromatic carbocycles. The number of rotatable bonds is 6. The summed E-state index contributed by atoms with van der Waals surface area (Å²) in [6, 6.07) is 7.71. The summed E-state index contributed by atoms with van der Waals surface area (Å²) in [6.45, 7) is 2.40. The molecular formula is C13H19N3O2. The van der Waals surface area contributed by atoms with Gasteiger partial charge in [0.15, 0.2) is 0 Å². The van der Waals surface area contributed by atoms with Crippen LogP contribution in [-0.2, 0) is 6.54 Å². The van der Waals surface area contributed by atoms with Gasteiger partial charge in [0.25, 0.3) is 0 Å². The lowest BCUT2D eigenvalue weighted by Crippen LogP contribution is -2.25. The van der Waals surface area contributed by atoms with Gasteiger partial charge >= 0.3 is 5.69 Å². The molecule has 0 spiro atoms. The topological polar surface area (TPSA) is 61.3 Å². The van der Waals surface area contributed by atoms with Crippen molar-refractivity contribution < 1.29 is 5.11 Å². The van der Waals surface area contributed by atoms with Crippen molar-refractivity contribution >= 4 is 11.0 Å². The van der Waals surface area contributed by atoms with Crippen molar-refractivity contribution in [2.75, 3.05) is 26.7 Å². The second kappa shape index (κ2) is 5.84. The normalized spacial score (nSPS) is 11.5. The molecule has 5 nitrogen and oxygen atoms in total. The third-order valence-electron chi connectivity index (χ3n) is 3.08. The van der Waals surface area contributed by atoms with Crippen molar-refractivity contribution in [3.8, 4) is 0 Å². The van der Waals surface area contributed by atoms with E-state index in [-0.39, 0.29) is 12.3 Å². The molecule has 5 heteroatoms. The number of aromatic amines is 1. The highest BCUT2D eigenvalue weighted by Gasteiger charge is 2.05. The molecule has 2 rings (SSSR count). The van der Waals surface area contributed by atoms with Crippen molar-refractivity contribution in [3.05, 3.63) is 34.7 Å². The number of hydrogen-bond donors (Lipinski definition) is 2. The Morgan fingerprint density at radius 2 is 2.11 bits per heavy atom. The van der Waals surface area contributed by atoms with E-state index in [0.29, 0.717) is 13.1 Å². The number of likely N-dealkylation sites (N-methyl/N-ethyl adjacent to an activating group) is 1. The first-order valence-corrected chi connectivity index (χ1v) is 6.19. The van der Waals surface area contributed by atoms with Crippen LogP contribution in [0.2, 0.25) is 0 Å². The van der Waals surface area contributed by atoms with Crippen LogP contribution in [0.5, 0.6) is 0 Å². The maximum atomic E-state index is 11.8. The van der Waals surface area contributed by atoms with E-state index in [0.717, 1.165) is 24.0 Å². The molecular weight excluding hydrogens is 230 g/mol. The van der Waals surface area contributed by atoms with Gasteiger partial charge in [0, 0.05) is 13.1 Å². The Bertz CT molecular complexity index is 559. The van der Waals surface area contributed by atoms with Gasteiger partial charge in [-0.1, -0.05) is 12.1 Å². The SMILES string of the molecule is CN(CCO)CCCn1c(=O)[nH]c2ccccc21. The van der Waals surface area contributed by atoms with Gasteiger partial charge in [0.1, 0.15) is 0 Å². The molecule has 0 atom stereocenters. The molecule has 0 amide bonds. The molecule has 0 aliphatic rings. The van der Waals surface area contributed by atoms with Crippen molar-refractivity contribution in [1.82, 2.24) is 14.5 Å². The molecule has 0 aliphatic heterocycles. The molecule has 2 N–H and O–H groups in total. The Morgan fingerprint density at radius 3 is 2.89 bits per heavy atom. The lowest BCUT2D eigenvalue weighted by Gasteiger charge is -2.14. The van der Waals surface area contributed by atoms with Gasteiger partial charge in [-0.25, -0.2) is 4.79 Å². The lowest BCUT2D eigenvalue weighted by atomic mass is 10.3. The van der Waals surface area contributed by atoms with E-state index in [1.807, 2.05) is 31.3 Å². The summed E-state index contributed by atoms with van der Waals surface area (Å²) in [7, 11) is 1.97. The van der Waals surface area contributed by atoms with E-state index in [9.17, 15) is 4.79 Å². The highest BCUT2D eigenvalue weighted by molar-refractivity contribution is 5.74. The highest BCUT2D eigenvalue weighted by Crippen LogP contribution is 2.09. The quantitative estimate of drug-likeness (QED) is 0.790. The number of benzene rings is 1. The molecule has 0 fully saturated rings. The standard InChI is InChI=1S/C13H19N3O2/c1-15(9-10-17)7-4-8-16-12-6-3-2-5-11(12)14-13(16)18/h2-3,5-6,17H,4,7-10H2,1H3,(H,14,18). The summed E-state index contributed by atoms with van der Waals surface area (Å²) in [4.78, 5) is 16.7. The van der Waals surface area contributed by atoms with Gasteiger partial charge in [-0.15, -0.1) is 0 Å². The Hall–Kier alpha value is -1.59. The highest BCUT2D eigenvalue weighted by atomic mass is 16.3. The minimum Gasteiger partial charge on any atom is -0.395 e. The van der Waals surface area contributed by atoms with Crippen LogP contribution in [0.15, 0.2) is 29.1 Å². The summed E-state index contributed by atoms with van der Waals surface area (Å²) in [5.74, 6) is 0. The van der Waals surface area contributed by atoms with E-state index in [1.54, 1.807) is 4.57 Å². The van der Waals surface area contributed by atoms with Crippen molar-refractivity contribution in [2.45, 2.75) is 13.0 Å². The van der Waals surface area contributed by atoms with Crippen LogP contribution in [-0.4, -0.2) is 46.3 Å². The van der Waals surface area contributed by atoms with Crippen LogP contribution in [0.4, 0.5) is 0 Å². The van der Waals surface area contributed by atoms with Gasteiger partial charge in [0.05, 0.1) is 17.6 Å². The summed E-state index contributed by atoms with van der Waals surface area (Å²) < 4.78 is 1.77. The van der Waals surface area contributed by atoms with Crippen LogP contribution in [0.3, 0.4) is 0 Å². The predicted molar refractivity (Wildman–Crippen MR) is 71.8 cm³/mol. The monoisotopic (exact) mass is 249 g/mol. The molecule has 1 heterocycles. The summed E-state index contributed by atoms with van der Waals surface area (Å²) in [5.41, 5.74) is 1.78. The average molecular weight is 249 g/mol. The molecule has 0 unspecified atom stereocenters. The number of para-hydroxylation sites is 2. The molecule has 2 aromatic rings. The van der Waals surface area contributed by atoms with Gasteiger partial charge in [0.2, 0.25) is 0 Å². The minimum atomic E-state index is -0.0546. The number of aliphatic hydroxyl groups is 1. The van der Waals surface area contributed by atoms with Gasteiger partial charge in [-0.2, -0.15) is 0 Å². The zero-order chi connectivity index (χ0) is 13.0. The molecule has 0 saturated carbocycles. The first-order chi connectivity index (χ1) is 8.72. The molecule has 0 bridgehead atoms. The van der Waals surface area contributed by atoms with E-state index >= 15 is 0 Å². The number of aliphatic hydroxyl groups excluding tert-OH is 1. The Morgan fingerprint density at radius 1 is 1.33 bits per heavy atom. The maximum absolute atomic E-state index is 11.8. The van der Waals surface area contributed by atoms with Crippen LogP contribution in [0.25, 0.3) is 11.0 Å². The van der Waals surface area contributed by atoms with Crippen molar-refractivity contribution in [2.24, 2.45) is 0 Å². The number of aromatic nitrogens is 2. The molecule has 98 valence electrons. The number of H-pyrrole nitrogens is 1. The maximum Gasteiger partial charge on any atom is 0.326 e. The Balaban J connectivity index is 2.03. The minimum absolute atomic E-state index is 0.0546. The fourth-order valence-corrected chi connectivity index (χ4v) is 2.11. The first kappa shape index (κ1) is 12.9. The van der Waals surface area contributed by atoms with Gasteiger partial charge in [-0.3, -0.25) is 4.57 Å². The number of nitrogens with zero attached hydrogens (tertiary/aromatic N) is 2. The summed E-state index contributed by atoms with van der Waals surface area (Å²) >= 11 is 0. The number of hydrogen-bond acceptors (Lipinski definition) is 3. The molecule has 18 heavy (non-hydrogen) atoms. The van der Waals surface area contributed by atoms with Crippen LogP contribution in [0, 0.1) is 0 Å². The third-order valence-corrected chi connectivity index (χ3v) is 3.08. The second-order valence-electron chi connectivity index (χ2n) is 4.48. The van der Waals surface area contributed by atoms with Crippen molar-refractivity contribution in [1.29, 1.82) is 0 Å². The van der Waals surface area contributed by atoms with Crippen LogP contribution < -0.4 is 5.69 Å². The van der Waals surface area contributed by atoms with E-state index in [4.69, 9.17) is 5.11 Å². The van der Waals surface area contributed by atoms with Gasteiger partial charge in [-0.05, 0) is 32.1 Å². The van der Waals surface area contributed by atoms with Crippen LogP contribution >= 0.6 is 0 Å². The van der Waals surface area contributed by atoms with E-state index < -0.39 is 0 Å². The van der Waals surface area contributed by atoms with E-state index in [2.05, 4.69) is 9.88 Å². The molecule has 0 aliphatic carbocycles. The lowest BCUT2D eigenvalue weighted by molar-refractivity contribution is 0.218. The van der Waals surface area contributed by atoms with Crippen molar-refractivity contribution in [3.63, 3.8) is 0 Å². The predicted octanol–water partition coefficient (Wildman–Crippen LogP) is 0.644. The van der Waals surface area contributed by atoms with E-state index in [1.165, 1.54) is 0 Å².